The monoisotopic (exact) mass is 392 g/mol. The molecule has 1 amide bonds. The molecule has 0 aliphatic heterocycles. The number of hydrogen-bond acceptors (Lipinski definition) is 4. The van der Waals surface area contributed by atoms with Crippen LogP contribution < -0.4 is 20.1 Å². The van der Waals surface area contributed by atoms with Crippen LogP contribution in [0.5, 0.6) is 11.5 Å². The lowest BCUT2D eigenvalue weighted by molar-refractivity contribution is 0.102. The van der Waals surface area contributed by atoms with Gasteiger partial charge in [0.25, 0.3) is 5.91 Å². The SMILES string of the molecule is CCNCc1ccccc1NC(=O)c1cc(OC)c(Br)c(OC)c1. The number of anilines is 1. The van der Waals surface area contributed by atoms with Gasteiger partial charge in [-0.15, -0.1) is 0 Å². The van der Waals surface area contributed by atoms with E-state index in [0.717, 1.165) is 17.8 Å². The summed E-state index contributed by atoms with van der Waals surface area (Å²) in [5.41, 5.74) is 2.28. The fraction of sp³-hybridized carbons (Fsp3) is 0.278. The van der Waals surface area contributed by atoms with Crippen molar-refractivity contribution < 1.29 is 14.3 Å². The van der Waals surface area contributed by atoms with Crippen molar-refractivity contribution in [2.24, 2.45) is 0 Å². The second-order valence-electron chi connectivity index (χ2n) is 5.09. The van der Waals surface area contributed by atoms with E-state index in [4.69, 9.17) is 9.47 Å². The Hall–Kier alpha value is -2.05. The van der Waals surface area contributed by atoms with Gasteiger partial charge in [-0.25, -0.2) is 0 Å². The van der Waals surface area contributed by atoms with Crippen molar-refractivity contribution in [3.63, 3.8) is 0 Å². The molecule has 6 heteroatoms. The maximum absolute atomic E-state index is 12.6. The number of halogens is 1. The highest BCUT2D eigenvalue weighted by Crippen LogP contribution is 2.35. The molecule has 2 aromatic rings. The van der Waals surface area contributed by atoms with Crippen LogP contribution in [0.3, 0.4) is 0 Å². The summed E-state index contributed by atoms with van der Waals surface area (Å²) in [6.07, 6.45) is 0. The normalized spacial score (nSPS) is 10.3. The molecular formula is C18H21BrN2O3. The molecule has 0 saturated carbocycles. The molecule has 0 aliphatic carbocycles. The number of benzene rings is 2. The number of carbonyl (C=O) groups is 1. The predicted octanol–water partition coefficient (Wildman–Crippen LogP) is 3.83. The fourth-order valence-corrected chi connectivity index (χ4v) is 2.80. The Labute approximate surface area is 150 Å². The van der Waals surface area contributed by atoms with Gasteiger partial charge >= 0.3 is 0 Å². The molecule has 0 unspecified atom stereocenters. The zero-order valence-corrected chi connectivity index (χ0v) is 15.6. The Kier molecular flexibility index (Phi) is 6.63. The van der Waals surface area contributed by atoms with Gasteiger partial charge in [-0.1, -0.05) is 25.1 Å². The van der Waals surface area contributed by atoms with Crippen molar-refractivity contribution in [1.29, 1.82) is 0 Å². The number of amides is 1. The van der Waals surface area contributed by atoms with Crippen LogP contribution in [0.2, 0.25) is 0 Å². The summed E-state index contributed by atoms with van der Waals surface area (Å²) >= 11 is 3.40. The number of rotatable bonds is 7. The molecule has 2 rings (SSSR count). The van der Waals surface area contributed by atoms with Crippen LogP contribution in [-0.4, -0.2) is 26.7 Å². The molecule has 0 heterocycles. The van der Waals surface area contributed by atoms with Crippen molar-refractivity contribution in [2.75, 3.05) is 26.1 Å². The third-order valence-corrected chi connectivity index (χ3v) is 4.32. The molecule has 0 aliphatic rings. The first kappa shape index (κ1) is 18.3. The molecule has 5 nitrogen and oxygen atoms in total. The Morgan fingerprint density at radius 1 is 1.12 bits per heavy atom. The minimum Gasteiger partial charge on any atom is -0.495 e. The van der Waals surface area contributed by atoms with E-state index >= 15 is 0 Å². The van der Waals surface area contributed by atoms with Crippen molar-refractivity contribution >= 4 is 27.5 Å². The molecule has 0 radical (unpaired) electrons. The van der Waals surface area contributed by atoms with Crippen molar-refractivity contribution in [2.45, 2.75) is 13.5 Å². The lowest BCUT2D eigenvalue weighted by atomic mass is 10.1. The number of carbonyl (C=O) groups excluding carboxylic acids is 1. The standard InChI is InChI=1S/C18H21BrN2O3/c1-4-20-11-12-7-5-6-8-14(12)21-18(22)13-9-15(23-2)17(19)16(10-13)24-3/h5-10,20H,4,11H2,1-3H3,(H,21,22). The third-order valence-electron chi connectivity index (χ3n) is 3.54. The summed E-state index contributed by atoms with van der Waals surface area (Å²) in [5.74, 6) is 0.865. The molecule has 0 bridgehead atoms. The van der Waals surface area contributed by atoms with Gasteiger partial charge in [-0.3, -0.25) is 4.79 Å². The van der Waals surface area contributed by atoms with Gasteiger partial charge in [0.05, 0.1) is 14.2 Å². The van der Waals surface area contributed by atoms with Crippen LogP contribution in [0.1, 0.15) is 22.8 Å². The fourth-order valence-electron chi connectivity index (χ4n) is 2.25. The van der Waals surface area contributed by atoms with Gasteiger partial charge in [0, 0.05) is 17.8 Å². The smallest absolute Gasteiger partial charge is 0.255 e. The van der Waals surface area contributed by atoms with E-state index in [9.17, 15) is 4.79 Å². The molecule has 24 heavy (non-hydrogen) atoms. The molecule has 0 aromatic heterocycles. The van der Waals surface area contributed by atoms with Crippen molar-refractivity contribution in [3.05, 3.63) is 52.0 Å². The molecule has 0 spiro atoms. The average Bonchev–Trinajstić information content (AvgIpc) is 2.61. The first-order valence-corrected chi connectivity index (χ1v) is 8.41. The number of hydrogen-bond donors (Lipinski definition) is 2. The predicted molar refractivity (Wildman–Crippen MR) is 99.0 cm³/mol. The summed E-state index contributed by atoms with van der Waals surface area (Å²) in [6.45, 7) is 3.60. The number of ether oxygens (including phenoxy) is 2. The molecule has 128 valence electrons. The van der Waals surface area contributed by atoms with Gasteiger partial charge < -0.3 is 20.1 Å². The quantitative estimate of drug-likeness (QED) is 0.751. The lowest BCUT2D eigenvalue weighted by Crippen LogP contribution is -2.17. The van der Waals surface area contributed by atoms with E-state index < -0.39 is 0 Å². The number of methoxy groups -OCH3 is 2. The van der Waals surface area contributed by atoms with E-state index in [0.29, 0.717) is 28.1 Å². The zero-order chi connectivity index (χ0) is 17.5. The van der Waals surface area contributed by atoms with Gasteiger partial charge in [-0.2, -0.15) is 0 Å². The largest absolute Gasteiger partial charge is 0.495 e. The first-order valence-electron chi connectivity index (χ1n) is 7.62. The lowest BCUT2D eigenvalue weighted by Gasteiger charge is -2.14. The Morgan fingerprint density at radius 2 is 1.75 bits per heavy atom. The Balaban J connectivity index is 2.27. The minimum atomic E-state index is -0.219. The number of para-hydroxylation sites is 1. The van der Waals surface area contributed by atoms with Crippen LogP contribution in [0, 0.1) is 0 Å². The van der Waals surface area contributed by atoms with Crippen LogP contribution in [0.25, 0.3) is 0 Å². The first-order chi connectivity index (χ1) is 11.6. The third kappa shape index (κ3) is 4.27. The number of nitrogens with one attached hydrogen (secondary N) is 2. The van der Waals surface area contributed by atoms with E-state index in [2.05, 4.69) is 26.6 Å². The highest BCUT2D eigenvalue weighted by Gasteiger charge is 2.15. The highest BCUT2D eigenvalue weighted by molar-refractivity contribution is 9.10. The average molecular weight is 393 g/mol. The maximum atomic E-state index is 12.6. The summed E-state index contributed by atoms with van der Waals surface area (Å²) in [7, 11) is 3.10. The van der Waals surface area contributed by atoms with Crippen molar-refractivity contribution in [1.82, 2.24) is 5.32 Å². The summed E-state index contributed by atoms with van der Waals surface area (Å²) < 4.78 is 11.3. The molecule has 0 atom stereocenters. The van der Waals surface area contributed by atoms with Crippen LogP contribution in [-0.2, 0) is 6.54 Å². The molecule has 0 fully saturated rings. The second-order valence-corrected chi connectivity index (χ2v) is 5.88. The summed E-state index contributed by atoms with van der Waals surface area (Å²) in [4.78, 5) is 12.6. The topological polar surface area (TPSA) is 59.6 Å². The maximum Gasteiger partial charge on any atom is 0.255 e. The Bertz CT molecular complexity index is 694. The Morgan fingerprint density at radius 3 is 2.33 bits per heavy atom. The molecule has 2 aromatic carbocycles. The molecule has 0 saturated heterocycles. The van der Waals surface area contributed by atoms with Gasteiger partial charge in [0.15, 0.2) is 0 Å². The van der Waals surface area contributed by atoms with Gasteiger partial charge in [-0.05, 0) is 46.2 Å². The van der Waals surface area contributed by atoms with E-state index in [1.165, 1.54) is 0 Å². The van der Waals surface area contributed by atoms with E-state index in [1.807, 2.05) is 31.2 Å². The summed E-state index contributed by atoms with van der Waals surface area (Å²) in [6, 6.07) is 11.1. The van der Waals surface area contributed by atoms with Gasteiger partial charge in [0.2, 0.25) is 0 Å². The minimum absolute atomic E-state index is 0.219. The van der Waals surface area contributed by atoms with Crippen LogP contribution in [0.15, 0.2) is 40.9 Å². The van der Waals surface area contributed by atoms with Crippen LogP contribution in [0.4, 0.5) is 5.69 Å². The van der Waals surface area contributed by atoms with Crippen LogP contribution >= 0.6 is 15.9 Å². The second kappa shape index (κ2) is 8.70. The molecular weight excluding hydrogens is 372 g/mol. The zero-order valence-electron chi connectivity index (χ0n) is 14.0. The van der Waals surface area contributed by atoms with Gasteiger partial charge in [0.1, 0.15) is 16.0 Å². The van der Waals surface area contributed by atoms with Crippen molar-refractivity contribution in [3.8, 4) is 11.5 Å². The van der Waals surface area contributed by atoms with E-state index in [-0.39, 0.29) is 5.91 Å². The summed E-state index contributed by atoms with van der Waals surface area (Å²) in [5, 5.41) is 6.22. The highest BCUT2D eigenvalue weighted by atomic mass is 79.9. The van der Waals surface area contributed by atoms with E-state index in [1.54, 1.807) is 26.4 Å². The molecule has 2 N–H and O–H groups in total.